The highest BCUT2D eigenvalue weighted by Gasteiger charge is 2.21. The summed E-state index contributed by atoms with van der Waals surface area (Å²) in [4.78, 5) is 4.44. The zero-order valence-corrected chi connectivity index (χ0v) is 24.3. The second kappa shape index (κ2) is 13.6. The second-order valence-corrected chi connectivity index (χ2v) is 10.3. The van der Waals surface area contributed by atoms with E-state index in [2.05, 4.69) is 44.6 Å². The number of nitrogens with zero attached hydrogens (tertiary/aromatic N) is 6. The molecule has 2 aromatic heterocycles. The molecule has 0 amide bonds. The number of fused-ring (bicyclic) bond motifs is 1. The predicted molar refractivity (Wildman–Crippen MR) is 164 cm³/mol. The molecular formula is C32H30ClFN8. The van der Waals surface area contributed by atoms with Gasteiger partial charge in [-0.15, -0.1) is 5.10 Å². The van der Waals surface area contributed by atoms with Crippen molar-refractivity contribution < 1.29 is 4.39 Å². The molecule has 42 heavy (non-hydrogen) atoms. The first-order chi connectivity index (χ1) is 20.2. The molecular weight excluding hydrogens is 551 g/mol. The Kier molecular flexibility index (Phi) is 9.69. The van der Waals surface area contributed by atoms with Gasteiger partial charge >= 0.3 is 0 Å². The third kappa shape index (κ3) is 6.83. The maximum Gasteiger partial charge on any atom is 0.118 e. The fourth-order valence-electron chi connectivity index (χ4n) is 4.36. The molecule has 212 valence electrons. The minimum atomic E-state index is -0.578. The monoisotopic (exact) mass is 580 g/mol. The molecule has 0 saturated carbocycles. The number of hydrogen-bond donors (Lipinski definition) is 2. The van der Waals surface area contributed by atoms with Crippen LogP contribution in [0.3, 0.4) is 0 Å². The smallest absolute Gasteiger partial charge is 0.118 e. The molecule has 2 heterocycles. The molecule has 10 heteroatoms. The van der Waals surface area contributed by atoms with Crippen LogP contribution in [0.15, 0.2) is 91.1 Å². The molecule has 0 unspecified atom stereocenters. The highest BCUT2D eigenvalue weighted by molar-refractivity contribution is 6.35. The van der Waals surface area contributed by atoms with Crippen molar-refractivity contribution in [1.82, 2.24) is 20.0 Å². The van der Waals surface area contributed by atoms with Crippen molar-refractivity contribution in [3.8, 4) is 12.1 Å². The van der Waals surface area contributed by atoms with Gasteiger partial charge in [0.2, 0.25) is 0 Å². The Balaban J connectivity index is 1.81. The topological polar surface area (TPSA) is 115 Å². The van der Waals surface area contributed by atoms with Crippen LogP contribution >= 0.6 is 11.6 Å². The fraction of sp³-hybridized carbons (Fsp3) is 0.219. The quantitative estimate of drug-likeness (QED) is 0.172. The van der Waals surface area contributed by atoms with Crippen molar-refractivity contribution in [1.29, 1.82) is 10.5 Å². The summed E-state index contributed by atoms with van der Waals surface area (Å²) in [6.07, 6.45) is 7.72. The lowest BCUT2D eigenvalue weighted by Gasteiger charge is -2.22. The SMILES string of the molecule is C=C(/C=C\C(F)=C/C)[C@H](Nc1cc(Cl)c2ncc(C#N)c(N[C@H](CC#N)c3ccccc3)c2c1)c1cn(C(C)C)nn1. The molecule has 0 aliphatic carbocycles. The van der Waals surface area contributed by atoms with E-state index in [0.29, 0.717) is 44.1 Å². The molecule has 0 radical (unpaired) electrons. The van der Waals surface area contributed by atoms with Gasteiger partial charge in [-0.3, -0.25) is 4.98 Å². The number of benzene rings is 2. The number of hydrogen-bond acceptors (Lipinski definition) is 7. The van der Waals surface area contributed by atoms with E-state index in [4.69, 9.17) is 11.6 Å². The number of rotatable bonds is 11. The molecule has 0 bridgehead atoms. The van der Waals surface area contributed by atoms with Crippen LogP contribution in [0.25, 0.3) is 10.9 Å². The van der Waals surface area contributed by atoms with Crippen LogP contribution < -0.4 is 10.6 Å². The molecule has 2 aromatic carbocycles. The molecule has 0 spiro atoms. The van der Waals surface area contributed by atoms with Gasteiger partial charge in [0.05, 0.1) is 52.6 Å². The van der Waals surface area contributed by atoms with Crippen molar-refractivity contribution in [3.05, 3.63) is 113 Å². The molecule has 0 aliphatic rings. The van der Waals surface area contributed by atoms with Crippen molar-refractivity contribution in [2.75, 3.05) is 10.6 Å². The van der Waals surface area contributed by atoms with Crippen LogP contribution in [0.4, 0.5) is 15.8 Å². The Morgan fingerprint density at radius 1 is 1.17 bits per heavy atom. The number of nitriles is 2. The summed E-state index contributed by atoms with van der Waals surface area (Å²) in [7, 11) is 0. The third-order valence-electron chi connectivity index (χ3n) is 6.63. The van der Waals surface area contributed by atoms with Gasteiger partial charge < -0.3 is 10.6 Å². The Bertz CT molecular complexity index is 1730. The first kappa shape index (κ1) is 30.0. The van der Waals surface area contributed by atoms with E-state index >= 15 is 0 Å². The van der Waals surface area contributed by atoms with E-state index in [9.17, 15) is 14.9 Å². The Hall–Kier alpha value is -4.99. The lowest BCUT2D eigenvalue weighted by Crippen LogP contribution is -2.14. The predicted octanol–water partition coefficient (Wildman–Crippen LogP) is 8.14. The van der Waals surface area contributed by atoms with E-state index in [0.717, 1.165) is 5.56 Å². The average molecular weight is 581 g/mol. The first-order valence-electron chi connectivity index (χ1n) is 13.3. The lowest BCUT2D eigenvalue weighted by molar-refractivity contribution is 0.514. The summed E-state index contributed by atoms with van der Waals surface area (Å²) >= 11 is 6.73. The van der Waals surface area contributed by atoms with Gasteiger partial charge in [0.15, 0.2) is 0 Å². The van der Waals surface area contributed by atoms with Crippen LogP contribution in [-0.2, 0) is 0 Å². The van der Waals surface area contributed by atoms with E-state index in [1.807, 2.05) is 56.4 Å². The Morgan fingerprint density at radius 2 is 1.93 bits per heavy atom. The molecule has 0 saturated heterocycles. The standard InChI is InChI=1S/C32H30ClFN8/c1-5-24(34)12-11-21(4)30(29-19-42(20(2)3)41-40-29)38-25-15-26-31(23(17-36)18-37-32(26)27(33)16-25)39-28(13-14-35)22-9-7-6-8-10-22/h5-12,15-16,18-20,28,30,38H,4,13H2,1-3H3,(H,37,39)/b12-11-,24-5+/t28-,30+/m1/s1. The molecule has 4 aromatic rings. The fourth-order valence-corrected chi connectivity index (χ4v) is 4.63. The highest BCUT2D eigenvalue weighted by Crippen LogP contribution is 2.37. The van der Waals surface area contributed by atoms with Gasteiger partial charge in [-0.25, -0.2) is 9.07 Å². The normalized spacial score (nSPS) is 13.1. The summed E-state index contributed by atoms with van der Waals surface area (Å²) in [5.41, 5.74) is 3.92. The molecule has 0 fully saturated rings. The minimum Gasteiger partial charge on any atom is -0.376 e. The number of halogens is 2. The van der Waals surface area contributed by atoms with Crippen LogP contribution in [0.1, 0.15) is 62.1 Å². The van der Waals surface area contributed by atoms with Crippen molar-refractivity contribution in [2.24, 2.45) is 0 Å². The van der Waals surface area contributed by atoms with Gasteiger partial charge in [0.1, 0.15) is 17.6 Å². The number of nitrogens with one attached hydrogen (secondary N) is 2. The van der Waals surface area contributed by atoms with Gasteiger partial charge in [-0.2, -0.15) is 10.5 Å². The number of pyridine rings is 1. The Morgan fingerprint density at radius 3 is 2.57 bits per heavy atom. The second-order valence-electron chi connectivity index (χ2n) is 9.86. The molecule has 4 rings (SSSR count). The molecule has 8 nitrogen and oxygen atoms in total. The van der Waals surface area contributed by atoms with E-state index in [-0.39, 0.29) is 18.5 Å². The van der Waals surface area contributed by atoms with Gasteiger partial charge in [0.25, 0.3) is 0 Å². The van der Waals surface area contributed by atoms with Crippen molar-refractivity contribution >= 4 is 33.9 Å². The van der Waals surface area contributed by atoms with E-state index in [1.165, 1.54) is 18.3 Å². The minimum absolute atomic E-state index is 0.0846. The summed E-state index contributed by atoms with van der Waals surface area (Å²) in [6, 6.07) is 16.7. The lowest BCUT2D eigenvalue weighted by atomic mass is 10.0. The summed E-state index contributed by atoms with van der Waals surface area (Å²) in [5, 5.41) is 35.8. The zero-order chi connectivity index (χ0) is 30.2. The summed E-state index contributed by atoms with van der Waals surface area (Å²) in [6.45, 7) is 9.75. The highest BCUT2D eigenvalue weighted by atomic mass is 35.5. The number of aromatic nitrogens is 4. The van der Waals surface area contributed by atoms with Crippen LogP contribution in [0, 0.1) is 22.7 Å². The van der Waals surface area contributed by atoms with Crippen LogP contribution in [0.2, 0.25) is 5.02 Å². The summed E-state index contributed by atoms with van der Waals surface area (Å²) < 4.78 is 15.7. The molecule has 2 N–H and O–H groups in total. The first-order valence-corrected chi connectivity index (χ1v) is 13.7. The average Bonchev–Trinajstić information content (AvgIpc) is 3.49. The maximum atomic E-state index is 13.9. The van der Waals surface area contributed by atoms with Crippen LogP contribution in [0.5, 0.6) is 0 Å². The van der Waals surface area contributed by atoms with Crippen LogP contribution in [-0.4, -0.2) is 20.0 Å². The van der Waals surface area contributed by atoms with Crippen molar-refractivity contribution in [2.45, 2.75) is 45.3 Å². The van der Waals surface area contributed by atoms with Gasteiger partial charge in [-0.05, 0) is 50.1 Å². The Labute approximate surface area is 249 Å². The molecule has 2 atom stereocenters. The van der Waals surface area contributed by atoms with Gasteiger partial charge in [-0.1, -0.05) is 65.9 Å². The van der Waals surface area contributed by atoms with E-state index in [1.54, 1.807) is 23.7 Å². The third-order valence-corrected chi connectivity index (χ3v) is 6.92. The van der Waals surface area contributed by atoms with Crippen molar-refractivity contribution in [3.63, 3.8) is 0 Å². The summed E-state index contributed by atoms with van der Waals surface area (Å²) in [5.74, 6) is -0.398. The zero-order valence-electron chi connectivity index (χ0n) is 23.5. The van der Waals surface area contributed by atoms with E-state index < -0.39 is 11.9 Å². The number of allylic oxidation sites excluding steroid dienone is 3. The maximum absolute atomic E-state index is 13.9. The van der Waals surface area contributed by atoms with Gasteiger partial charge in [0, 0.05) is 23.3 Å². The largest absolute Gasteiger partial charge is 0.376 e. The number of anilines is 2. The molecule has 0 aliphatic heterocycles.